The van der Waals surface area contributed by atoms with Crippen LogP contribution < -0.4 is 9.47 Å². The topological polar surface area (TPSA) is 187 Å². The number of rotatable bonds is 22. The minimum absolute atomic E-state index is 0.0447. The molecule has 512 valence electrons. The normalized spacial score (nSPS) is 11.8. The molecule has 10 aromatic carbocycles. The van der Waals surface area contributed by atoms with Gasteiger partial charge in [-0.05, 0) is 135 Å². The lowest BCUT2D eigenvalue weighted by molar-refractivity contribution is -0.123. The van der Waals surface area contributed by atoms with Crippen molar-refractivity contribution in [1.29, 1.82) is 0 Å². The van der Waals surface area contributed by atoms with Crippen LogP contribution in [0, 0.1) is 0 Å². The number of methoxy groups -OCH3 is 2. The first kappa shape index (κ1) is 68.4. The molecule has 0 radical (unpaired) electrons. The summed E-state index contributed by atoms with van der Waals surface area (Å²) in [6, 6.07) is 86.0. The number of H-pyrrole nitrogens is 4. The lowest BCUT2D eigenvalue weighted by atomic mass is 9.71. The predicted octanol–water partition coefficient (Wildman–Crippen LogP) is 20.1. The molecule has 0 saturated heterocycles. The molecule has 14 nitrogen and oxygen atoms in total. The fourth-order valence-electron chi connectivity index (χ4n) is 13.8. The maximum atomic E-state index is 14.9. The van der Waals surface area contributed by atoms with E-state index in [0.29, 0.717) is 5.75 Å². The first-order valence-electron chi connectivity index (χ1n) is 34.1. The van der Waals surface area contributed by atoms with Gasteiger partial charge >= 0.3 is 12.3 Å². The van der Waals surface area contributed by atoms with Crippen molar-refractivity contribution in [2.45, 2.75) is 89.6 Å². The van der Waals surface area contributed by atoms with Gasteiger partial charge < -0.3 is 48.4 Å². The Morgan fingerprint density at radius 3 is 0.990 bits per heavy atom. The van der Waals surface area contributed by atoms with Crippen molar-refractivity contribution in [1.82, 2.24) is 19.9 Å². The zero-order valence-corrected chi connectivity index (χ0v) is 58.3. The van der Waals surface area contributed by atoms with Gasteiger partial charge in [0.15, 0.2) is 11.4 Å². The molecule has 0 bridgehead atoms. The summed E-state index contributed by atoms with van der Waals surface area (Å²) in [4.78, 5) is 70.2. The smallest absolute Gasteiger partial charge is 0.497 e. The lowest BCUT2D eigenvalue weighted by Gasteiger charge is -2.30. The second-order valence-electron chi connectivity index (χ2n) is 26.8. The summed E-state index contributed by atoms with van der Waals surface area (Å²) in [5.74, 6) is 1.58. The summed E-state index contributed by atoms with van der Waals surface area (Å²) in [6.45, 7) is 11.3. The van der Waals surface area contributed by atoms with Gasteiger partial charge in [-0.25, -0.2) is 9.59 Å². The van der Waals surface area contributed by atoms with E-state index < -0.39 is 34.3 Å². The molecule has 0 saturated carbocycles. The number of aromatic nitrogens is 4. The van der Waals surface area contributed by atoms with Gasteiger partial charge in [0.05, 0.1) is 42.4 Å². The van der Waals surface area contributed by atoms with Crippen molar-refractivity contribution in [3.63, 3.8) is 0 Å². The summed E-state index contributed by atoms with van der Waals surface area (Å²) in [5.41, 5.74) is 11.4. The van der Waals surface area contributed by atoms with Crippen LogP contribution in [0.15, 0.2) is 267 Å². The highest BCUT2D eigenvalue weighted by atomic mass is 16.7. The number of fused-ring (bicyclic) bond motifs is 4. The summed E-state index contributed by atoms with van der Waals surface area (Å²) < 4.78 is 34.4. The molecule has 0 atom stereocenters. The number of nitrogens with one attached hydrogen (secondary N) is 4. The summed E-state index contributed by atoms with van der Waals surface area (Å²) in [7, 11) is 3.23. The SMILES string of the molecule is CC(OC(=O)OCc1c(-c2[nH]c3ccccc3c2CC(=O)C(C)(c2ccccc2)c2ccccc2)[nH]c2ccccc12)(c1ccccc1)c1ccccc1.COc1ccc(C(C)(C)OC(=O)OCc2c(-c3[nH]c4ccccc4c3CC(=O)C(C)(C)c3ccc(OC)cc3)[nH]c3ccccc23)cc1. The number of ketones is 2. The quantitative estimate of drug-likeness (QED) is 0.0476. The Hall–Kier alpha value is -12.2. The van der Waals surface area contributed by atoms with E-state index in [1.807, 2.05) is 308 Å². The molecule has 0 aliphatic carbocycles. The van der Waals surface area contributed by atoms with E-state index in [1.165, 1.54) is 0 Å². The van der Waals surface area contributed by atoms with Gasteiger partial charge in [-0.1, -0.05) is 218 Å². The Morgan fingerprint density at radius 2 is 0.618 bits per heavy atom. The molecule has 0 aliphatic heterocycles. The first-order chi connectivity index (χ1) is 49.4. The average Bonchev–Trinajstić information content (AvgIpc) is 1.56. The second kappa shape index (κ2) is 29.0. The highest BCUT2D eigenvalue weighted by molar-refractivity contribution is 6.03. The van der Waals surface area contributed by atoms with Gasteiger partial charge in [-0.3, -0.25) is 9.59 Å². The Kier molecular flexibility index (Phi) is 19.4. The van der Waals surface area contributed by atoms with Gasteiger partial charge in [0.2, 0.25) is 0 Å². The zero-order chi connectivity index (χ0) is 71.2. The minimum atomic E-state index is -1.09. The minimum Gasteiger partial charge on any atom is -0.497 e. The van der Waals surface area contributed by atoms with E-state index in [1.54, 1.807) is 14.2 Å². The Labute approximate surface area is 592 Å². The number of ether oxygens (including phenoxy) is 6. The van der Waals surface area contributed by atoms with Crippen molar-refractivity contribution in [2.75, 3.05) is 14.2 Å². The highest BCUT2D eigenvalue weighted by Crippen LogP contribution is 2.43. The fraction of sp³-hybridized carbons (Fsp3) is 0.182. The molecule has 102 heavy (non-hydrogen) atoms. The maximum Gasteiger partial charge on any atom is 0.509 e. The van der Waals surface area contributed by atoms with Crippen molar-refractivity contribution in [3.05, 3.63) is 323 Å². The Balaban J connectivity index is 0.000000183. The summed E-state index contributed by atoms with van der Waals surface area (Å²) in [6.07, 6.45) is -1.24. The molecule has 4 heterocycles. The van der Waals surface area contributed by atoms with Gasteiger partial charge in [-0.2, -0.15) is 0 Å². The van der Waals surface area contributed by atoms with Crippen molar-refractivity contribution < 1.29 is 47.6 Å². The molecule has 14 heteroatoms. The largest absolute Gasteiger partial charge is 0.509 e. The van der Waals surface area contributed by atoms with Gasteiger partial charge in [0.25, 0.3) is 0 Å². The summed E-state index contributed by atoms with van der Waals surface area (Å²) >= 11 is 0. The van der Waals surface area contributed by atoms with E-state index in [-0.39, 0.29) is 37.6 Å². The number of benzene rings is 10. The molecular formula is C88H80N4O10. The van der Waals surface area contributed by atoms with Crippen LogP contribution in [0.3, 0.4) is 0 Å². The van der Waals surface area contributed by atoms with Crippen molar-refractivity contribution >= 4 is 67.5 Å². The molecule has 0 spiro atoms. The number of hydrogen-bond donors (Lipinski definition) is 4. The lowest BCUT2D eigenvalue weighted by Crippen LogP contribution is -2.35. The number of aromatic amines is 4. The van der Waals surface area contributed by atoms with Crippen molar-refractivity contribution in [3.8, 4) is 34.3 Å². The standard InChI is InChI=1S/C48H40N2O4.C40H40N2O6/c1-47(33-19-7-3-8-20-33,34-21-9-4-10-22-34)43(51)31-39-37-27-15-17-29-41(37)49-44(39)45-40(38-28-16-18-30-42(38)50-45)32-53-46(52)54-48(2,35-23-11-5-12-24-35)36-25-13-6-14-26-36;1-39(2,25-15-19-27(45-5)20-16-25)35(43)23-31-29-11-7-9-13-33(29)41-36(31)37-32(30-12-8-10-14-34(30)42-37)24-47-38(44)48-40(3,4)26-17-21-28(46-6)22-18-26/h3-30,49-50H,31-32H2,1-2H3;7-22,41-42H,23-24H2,1-6H3. The number of carbonyl (C=O) groups is 4. The predicted molar refractivity (Wildman–Crippen MR) is 402 cm³/mol. The third kappa shape index (κ3) is 13.7. The number of para-hydroxylation sites is 4. The van der Waals surface area contributed by atoms with Gasteiger partial charge in [-0.15, -0.1) is 0 Å². The van der Waals surface area contributed by atoms with Gasteiger partial charge in [0, 0.05) is 73.0 Å². The average molecular weight is 1350 g/mol. The van der Waals surface area contributed by atoms with E-state index in [4.69, 9.17) is 28.4 Å². The van der Waals surface area contributed by atoms with E-state index >= 15 is 0 Å². The number of hydrogen-bond acceptors (Lipinski definition) is 10. The zero-order valence-electron chi connectivity index (χ0n) is 58.3. The molecule has 0 unspecified atom stereocenters. The van der Waals surface area contributed by atoms with E-state index in [2.05, 4.69) is 19.9 Å². The molecule has 0 aliphatic rings. The van der Waals surface area contributed by atoms with Crippen LogP contribution in [0.5, 0.6) is 11.5 Å². The van der Waals surface area contributed by atoms with Crippen LogP contribution in [0.4, 0.5) is 9.59 Å². The molecule has 0 amide bonds. The number of Topliss-reactive ketones (excluding diaryl/α,β-unsaturated/α-hetero) is 2. The molecule has 14 rings (SSSR count). The third-order valence-corrected chi connectivity index (χ3v) is 19.9. The monoisotopic (exact) mass is 1350 g/mol. The number of carbonyl (C=O) groups excluding carboxylic acids is 4. The second-order valence-corrected chi connectivity index (χ2v) is 26.8. The highest BCUT2D eigenvalue weighted by Gasteiger charge is 2.39. The van der Waals surface area contributed by atoms with Crippen LogP contribution in [0.1, 0.15) is 97.2 Å². The fourth-order valence-corrected chi connectivity index (χ4v) is 13.8. The molecule has 0 fully saturated rings. The Morgan fingerprint density at radius 1 is 0.314 bits per heavy atom. The van der Waals surface area contributed by atoms with Crippen LogP contribution in [0.25, 0.3) is 66.4 Å². The van der Waals surface area contributed by atoms with Gasteiger partial charge in [0.1, 0.15) is 36.1 Å². The maximum absolute atomic E-state index is 14.9. The van der Waals surface area contributed by atoms with E-state index in [9.17, 15) is 19.2 Å². The van der Waals surface area contributed by atoms with Crippen LogP contribution in [-0.4, -0.2) is 58.0 Å². The summed E-state index contributed by atoms with van der Waals surface area (Å²) in [5, 5.41) is 3.72. The van der Waals surface area contributed by atoms with E-state index in [0.717, 1.165) is 128 Å². The third-order valence-electron chi connectivity index (χ3n) is 19.9. The molecule has 4 N–H and O–H groups in total. The molecule has 4 aromatic heterocycles. The van der Waals surface area contributed by atoms with Crippen LogP contribution in [0.2, 0.25) is 0 Å². The van der Waals surface area contributed by atoms with Crippen LogP contribution >= 0.6 is 0 Å². The first-order valence-corrected chi connectivity index (χ1v) is 34.1. The molecular weight excluding hydrogens is 1270 g/mol. The van der Waals surface area contributed by atoms with Crippen LogP contribution in [-0.2, 0) is 76.6 Å². The Bertz CT molecular complexity index is 5220. The molecule has 14 aromatic rings. The van der Waals surface area contributed by atoms with Crippen molar-refractivity contribution in [2.24, 2.45) is 0 Å².